The first-order valence-corrected chi connectivity index (χ1v) is 11.6. The first-order valence-electron chi connectivity index (χ1n) is 11.6. The number of hydrogen-bond donors (Lipinski definition) is 0. The minimum Gasteiger partial charge on any atom is -0.465 e. The highest BCUT2D eigenvalue weighted by Gasteiger charge is 2.63. The highest BCUT2D eigenvalue weighted by molar-refractivity contribution is 5.72. The van der Waals surface area contributed by atoms with E-state index in [9.17, 15) is 9.59 Å². The van der Waals surface area contributed by atoms with Crippen LogP contribution in [0, 0.1) is 35.0 Å². The van der Waals surface area contributed by atoms with Gasteiger partial charge in [0.1, 0.15) is 5.60 Å². The molecular formula is C24H40O4. The number of ether oxygens (including phenoxy) is 2. The van der Waals surface area contributed by atoms with Crippen molar-refractivity contribution < 1.29 is 19.1 Å². The van der Waals surface area contributed by atoms with Gasteiger partial charge >= 0.3 is 11.9 Å². The Morgan fingerprint density at radius 2 is 1.68 bits per heavy atom. The molecule has 0 aliphatic heterocycles. The zero-order chi connectivity index (χ0) is 20.5. The normalized spacial score (nSPS) is 37.1. The van der Waals surface area contributed by atoms with Crippen LogP contribution in [-0.2, 0) is 19.1 Å². The van der Waals surface area contributed by atoms with Crippen molar-refractivity contribution in [2.24, 2.45) is 35.0 Å². The van der Waals surface area contributed by atoms with E-state index in [1.54, 1.807) is 0 Å². The van der Waals surface area contributed by atoms with Crippen LogP contribution >= 0.6 is 0 Å². The van der Waals surface area contributed by atoms with E-state index in [-0.39, 0.29) is 23.5 Å². The standard InChI is InChI=1S/C24H40O4/c1-6-17(4)22(26)27-10-8-7-9-21(25)28-24(16(2)3)19-11-18-12-20(24)15-23(5,13-18)14-19/h16-20H,6-15H2,1-5H3. The molecule has 160 valence electrons. The number of unbranched alkanes of at least 4 members (excludes halogenated alkanes) is 1. The molecule has 4 rings (SSSR count). The third-order valence-electron chi connectivity index (χ3n) is 8.00. The van der Waals surface area contributed by atoms with Crippen molar-refractivity contribution in [2.45, 2.75) is 98.0 Å². The summed E-state index contributed by atoms with van der Waals surface area (Å²) in [5.74, 6) is 2.04. The van der Waals surface area contributed by atoms with Gasteiger partial charge in [0.15, 0.2) is 0 Å². The van der Waals surface area contributed by atoms with E-state index < -0.39 is 0 Å². The first-order chi connectivity index (χ1) is 13.2. The molecular weight excluding hydrogens is 352 g/mol. The lowest BCUT2D eigenvalue weighted by atomic mass is 9.43. The highest BCUT2D eigenvalue weighted by Crippen LogP contribution is 2.66. The molecule has 4 saturated carbocycles. The Bertz CT molecular complexity index is 565. The summed E-state index contributed by atoms with van der Waals surface area (Å²) in [6, 6.07) is 0. The van der Waals surface area contributed by atoms with E-state index >= 15 is 0 Å². The van der Waals surface area contributed by atoms with E-state index in [1.807, 2.05) is 13.8 Å². The van der Waals surface area contributed by atoms with E-state index in [4.69, 9.17) is 9.47 Å². The highest BCUT2D eigenvalue weighted by atomic mass is 16.6. The fraction of sp³-hybridized carbons (Fsp3) is 0.917. The fourth-order valence-electron chi connectivity index (χ4n) is 6.72. The second-order valence-electron chi connectivity index (χ2n) is 10.6. The second-order valence-corrected chi connectivity index (χ2v) is 10.6. The lowest BCUT2D eigenvalue weighted by Crippen LogP contribution is -2.64. The van der Waals surface area contributed by atoms with Crippen LogP contribution in [0.1, 0.15) is 92.4 Å². The number of esters is 2. The molecule has 4 nitrogen and oxygen atoms in total. The van der Waals surface area contributed by atoms with Crippen LogP contribution in [0.2, 0.25) is 0 Å². The van der Waals surface area contributed by atoms with Gasteiger partial charge in [-0.1, -0.05) is 34.6 Å². The Labute approximate surface area is 171 Å². The van der Waals surface area contributed by atoms with Gasteiger partial charge < -0.3 is 9.47 Å². The van der Waals surface area contributed by atoms with Crippen LogP contribution in [0.25, 0.3) is 0 Å². The topological polar surface area (TPSA) is 52.6 Å². The maximum Gasteiger partial charge on any atom is 0.308 e. The van der Waals surface area contributed by atoms with E-state index in [1.165, 1.54) is 32.1 Å². The summed E-state index contributed by atoms with van der Waals surface area (Å²) in [4.78, 5) is 24.5. The molecule has 3 unspecified atom stereocenters. The van der Waals surface area contributed by atoms with Crippen LogP contribution in [-0.4, -0.2) is 24.1 Å². The molecule has 4 bridgehead atoms. The van der Waals surface area contributed by atoms with E-state index in [0.29, 0.717) is 36.2 Å². The summed E-state index contributed by atoms with van der Waals surface area (Å²) < 4.78 is 11.6. The van der Waals surface area contributed by atoms with Crippen molar-refractivity contribution >= 4 is 11.9 Å². The molecule has 0 aromatic heterocycles. The Morgan fingerprint density at radius 3 is 2.21 bits per heavy atom. The van der Waals surface area contributed by atoms with Gasteiger partial charge in [0.05, 0.1) is 12.5 Å². The largest absolute Gasteiger partial charge is 0.465 e. The van der Waals surface area contributed by atoms with Gasteiger partial charge in [0.25, 0.3) is 0 Å². The minimum atomic E-state index is -0.253. The lowest BCUT2D eigenvalue weighted by Gasteiger charge is -2.65. The van der Waals surface area contributed by atoms with E-state index in [2.05, 4.69) is 20.8 Å². The average Bonchev–Trinajstić information content (AvgIpc) is 2.62. The number of rotatable bonds is 9. The third-order valence-corrected chi connectivity index (χ3v) is 8.00. The lowest BCUT2D eigenvalue weighted by molar-refractivity contribution is -0.238. The summed E-state index contributed by atoms with van der Waals surface area (Å²) in [6.45, 7) is 11.2. The summed E-state index contributed by atoms with van der Waals surface area (Å²) in [7, 11) is 0. The average molecular weight is 393 g/mol. The second kappa shape index (κ2) is 8.36. The predicted molar refractivity (Wildman–Crippen MR) is 110 cm³/mol. The van der Waals surface area contributed by atoms with Gasteiger partial charge in [-0.15, -0.1) is 0 Å². The SMILES string of the molecule is CCC(C)C(=O)OCCCCC(=O)OC1(C(C)C)C2CC3CC1CC(C)(C3)C2. The molecule has 3 atom stereocenters. The summed E-state index contributed by atoms with van der Waals surface area (Å²) >= 11 is 0. The van der Waals surface area contributed by atoms with Crippen LogP contribution in [0.15, 0.2) is 0 Å². The Kier molecular flexibility index (Phi) is 6.46. The Hall–Kier alpha value is -1.06. The molecule has 0 saturated heterocycles. The zero-order valence-corrected chi connectivity index (χ0v) is 18.6. The quantitative estimate of drug-likeness (QED) is 0.382. The van der Waals surface area contributed by atoms with E-state index in [0.717, 1.165) is 25.2 Å². The van der Waals surface area contributed by atoms with Crippen molar-refractivity contribution in [3.8, 4) is 0 Å². The number of hydrogen-bond acceptors (Lipinski definition) is 4. The van der Waals surface area contributed by atoms with Gasteiger partial charge in [0.2, 0.25) is 0 Å². The van der Waals surface area contributed by atoms with Crippen molar-refractivity contribution in [1.82, 2.24) is 0 Å². The molecule has 0 heterocycles. The van der Waals surface area contributed by atoms with Crippen molar-refractivity contribution in [2.75, 3.05) is 6.61 Å². The summed E-state index contributed by atoms with van der Waals surface area (Å²) in [6.07, 6.45) is 8.95. The molecule has 28 heavy (non-hydrogen) atoms. The van der Waals surface area contributed by atoms with Gasteiger partial charge in [0, 0.05) is 18.3 Å². The molecule has 4 aliphatic rings. The van der Waals surface area contributed by atoms with Gasteiger partial charge in [-0.3, -0.25) is 9.59 Å². The molecule has 4 fully saturated rings. The molecule has 0 N–H and O–H groups in total. The Balaban J connectivity index is 1.50. The minimum absolute atomic E-state index is 0.0466. The van der Waals surface area contributed by atoms with Gasteiger partial charge in [-0.05, 0) is 68.6 Å². The molecule has 4 aliphatic carbocycles. The molecule has 0 amide bonds. The zero-order valence-electron chi connectivity index (χ0n) is 18.6. The van der Waals surface area contributed by atoms with Crippen LogP contribution in [0.4, 0.5) is 0 Å². The molecule has 0 spiro atoms. The maximum atomic E-state index is 12.7. The predicted octanol–water partition coefficient (Wildman–Crippen LogP) is 5.53. The monoisotopic (exact) mass is 392 g/mol. The van der Waals surface area contributed by atoms with Gasteiger partial charge in [-0.2, -0.15) is 0 Å². The summed E-state index contributed by atoms with van der Waals surface area (Å²) in [5.41, 5.74) is 0.220. The third kappa shape index (κ3) is 4.11. The Morgan fingerprint density at radius 1 is 1.04 bits per heavy atom. The molecule has 4 heteroatoms. The molecule has 0 radical (unpaired) electrons. The fourth-order valence-corrected chi connectivity index (χ4v) is 6.72. The van der Waals surface area contributed by atoms with Crippen molar-refractivity contribution in [1.29, 1.82) is 0 Å². The summed E-state index contributed by atoms with van der Waals surface area (Å²) in [5, 5.41) is 0. The van der Waals surface area contributed by atoms with Crippen LogP contribution in [0.3, 0.4) is 0 Å². The number of carbonyl (C=O) groups excluding carboxylic acids is 2. The van der Waals surface area contributed by atoms with Crippen molar-refractivity contribution in [3.05, 3.63) is 0 Å². The van der Waals surface area contributed by atoms with Crippen LogP contribution < -0.4 is 0 Å². The smallest absolute Gasteiger partial charge is 0.308 e. The molecule has 0 aromatic carbocycles. The van der Waals surface area contributed by atoms with Gasteiger partial charge in [-0.25, -0.2) is 0 Å². The van der Waals surface area contributed by atoms with Crippen molar-refractivity contribution in [3.63, 3.8) is 0 Å². The number of carbonyl (C=O) groups is 2. The molecule has 0 aromatic rings. The maximum absolute atomic E-state index is 12.7. The van der Waals surface area contributed by atoms with Crippen LogP contribution in [0.5, 0.6) is 0 Å². The first kappa shape index (κ1) is 21.6.